The molecular weight excluding hydrogens is 266 g/mol. The van der Waals surface area contributed by atoms with E-state index in [9.17, 15) is 22.0 Å². The van der Waals surface area contributed by atoms with Crippen molar-refractivity contribution in [3.05, 3.63) is 29.8 Å². The summed E-state index contributed by atoms with van der Waals surface area (Å²) in [7, 11) is -4.11. The first-order valence-corrected chi connectivity index (χ1v) is 6.56. The van der Waals surface area contributed by atoms with Crippen molar-refractivity contribution in [2.45, 2.75) is 11.8 Å². The standard InChI is InChI=1S/C10H12F2N2O3S/c1-2-13-10(15)6-14-18(16,17)9-4-7(11)3-8(12)5-9/h3-5,14H,2,6H2,1H3,(H,13,15). The summed E-state index contributed by atoms with van der Waals surface area (Å²) >= 11 is 0. The summed E-state index contributed by atoms with van der Waals surface area (Å²) in [5.74, 6) is -2.54. The van der Waals surface area contributed by atoms with Crippen molar-refractivity contribution in [1.29, 1.82) is 0 Å². The molecule has 0 fully saturated rings. The second-order valence-corrected chi connectivity index (χ2v) is 5.15. The Morgan fingerprint density at radius 1 is 1.22 bits per heavy atom. The van der Waals surface area contributed by atoms with Crippen molar-refractivity contribution >= 4 is 15.9 Å². The SMILES string of the molecule is CCNC(=O)CNS(=O)(=O)c1cc(F)cc(F)c1. The predicted molar refractivity (Wildman–Crippen MR) is 60.2 cm³/mol. The van der Waals surface area contributed by atoms with Crippen molar-refractivity contribution < 1.29 is 22.0 Å². The van der Waals surface area contributed by atoms with Gasteiger partial charge in [-0.2, -0.15) is 0 Å². The maximum Gasteiger partial charge on any atom is 0.241 e. The third kappa shape index (κ3) is 4.04. The lowest BCUT2D eigenvalue weighted by Gasteiger charge is -2.07. The van der Waals surface area contributed by atoms with Crippen LogP contribution in [0, 0.1) is 11.6 Å². The quantitative estimate of drug-likeness (QED) is 0.817. The Kier molecular flexibility index (Phi) is 4.74. The molecular formula is C10H12F2N2O3S. The van der Waals surface area contributed by atoms with E-state index >= 15 is 0 Å². The van der Waals surface area contributed by atoms with Gasteiger partial charge in [0.25, 0.3) is 0 Å². The number of hydrogen-bond acceptors (Lipinski definition) is 3. The first kappa shape index (κ1) is 14.5. The van der Waals surface area contributed by atoms with Gasteiger partial charge in [0.05, 0.1) is 11.4 Å². The number of nitrogens with one attached hydrogen (secondary N) is 2. The Balaban J connectivity index is 2.83. The fraction of sp³-hybridized carbons (Fsp3) is 0.300. The smallest absolute Gasteiger partial charge is 0.241 e. The zero-order valence-electron chi connectivity index (χ0n) is 9.54. The Labute approximate surface area is 103 Å². The van der Waals surface area contributed by atoms with E-state index in [-0.39, 0.29) is 0 Å². The molecule has 1 aromatic rings. The summed E-state index contributed by atoms with van der Waals surface area (Å²) in [6.07, 6.45) is 0. The summed E-state index contributed by atoms with van der Waals surface area (Å²) < 4.78 is 50.9. The molecule has 18 heavy (non-hydrogen) atoms. The van der Waals surface area contributed by atoms with E-state index in [2.05, 4.69) is 5.32 Å². The van der Waals surface area contributed by atoms with E-state index in [0.29, 0.717) is 24.7 Å². The molecule has 0 saturated heterocycles. The normalized spacial score (nSPS) is 11.3. The molecule has 0 unspecified atom stereocenters. The predicted octanol–water partition coefficient (Wildman–Crippen LogP) is 0.379. The zero-order valence-corrected chi connectivity index (χ0v) is 10.4. The van der Waals surface area contributed by atoms with Crippen LogP contribution >= 0.6 is 0 Å². The zero-order chi connectivity index (χ0) is 13.8. The number of halogens is 2. The van der Waals surface area contributed by atoms with E-state index in [1.54, 1.807) is 6.92 Å². The molecule has 1 amide bonds. The summed E-state index contributed by atoms with van der Waals surface area (Å²) in [4.78, 5) is 10.5. The number of sulfonamides is 1. The van der Waals surface area contributed by atoms with Gasteiger partial charge in [-0.3, -0.25) is 4.79 Å². The molecule has 0 radical (unpaired) electrons. The van der Waals surface area contributed by atoms with Crippen molar-refractivity contribution in [1.82, 2.24) is 10.0 Å². The molecule has 1 rings (SSSR count). The fourth-order valence-corrected chi connectivity index (χ4v) is 2.21. The minimum Gasteiger partial charge on any atom is -0.355 e. The minimum atomic E-state index is -4.11. The highest BCUT2D eigenvalue weighted by Crippen LogP contribution is 2.13. The van der Waals surface area contributed by atoms with Crippen LogP contribution in [0.2, 0.25) is 0 Å². The van der Waals surface area contributed by atoms with Gasteiger partial charge >= 0.3 is 0 Å². The Morgan fingerprint density at radius 2 is 1.78 bits per heavy atom. The second kappa shape index (κ2) is 5.87. The molecule has 0 aliphatic carbocycles. The van der Waals surface area contributed by atoms with Gasteiger partial charge in [0.1, 0.15) is 11.6 Å². The Bertz CT molecular complexity index is 526. The average Bonchev–Trinajstić information content (AvgIpc) is 2.26. The van der Waals surface area contributed by atoms with Gasteiger partial charge < -0.3 is 5.32 Å². The van der Waals surface area contributed by atoms with Crippen molar-refractivity contribution in [3.8, 4) is 0 Å². The van der Waals surface area contributed by atoms with Gasteiger partial charge in [-0.05, 0) is 19.1 Å². The van der Waals surface area contributed by atoms with E-state index in [0.717, 1.165) is 0 Å². The van der Waals surface area contributed by atoms with Crippen molar-refractivity contribution in [3.63, 3.8) is 0 Å². The van der Waals surface area contributed by atoms with Gasteiger partial charge in [0.2, 0.25) is 15.9 Å². The summed E-state index contributed by atoms with van der Waals surface area (Å²) in [6, 6.07) is 1.90. The van der Waals surface area contributed by atoms with E-state index < -0.39 is 39.0 Å². The summed E-state index contributed by atoms with van der Waals surface area (Å²) in [5, 5.41) is 2.38. The fourth-order valence-electron chi connectivity index (χ4n) is 1.19. The van der Waals surface area contributed by atoms with Gasteiger partial charge in [0.15, 0.2) is 0 Å². The lowest BCUT2D eigenvalue weighted by molar-refractivity contribution is -0.119. The van der Waals surface area contributed by atoms with Crippen LogP contribution in [0.3, 0.4) is 0 Å². The van der Waals surface area contributed by atoms with Crippen LogP contribution in [0.25, 0.3) is 0 Å². The number of likely N-dealkylation sites (N-methyl/N-ethyl adjacent to an activating group) is 1. The number of carbonyl (C=O) groups is 1. The van der Waals surface area contributed by atoms with E-state index in [1.807, 2.05) is 4.72 Å². The number of benzene rings is 1. The van der Waals surface area contributed by atoms with Crippen molar-refractivity contribution in [2.75, 3.05) is 13.1 Å². The Morgan fingerprint density at radius 3 is 2.28 bits per heavy atom. The van der Waals surface area contributed by atoms with Crippen LogP contribution in [0.15, 0.2) is 23.1 Å². The second-order valence-electron chi connectivity index (χ2n) is 3.38. The first-order valence-electron chi connectivity index (χ1n) is 5.07. The maximum atomic E-state index is 12.9. The van der Waals surface area contributed by atoms with E-state index in [4.69, 9.17) is 0 Å². The van der Waals surface area contributed by atoms with Crippen LogP contribution in [0.4, 0.5) is 8.78 Å². The van der Waals surface area contributed by atoms with Gasteiger partial charge in [-0.25, -0.2) is 21.9 Å². The third-order valence-corrected chi connectivity index (χ3v) is 3.32. The monoisotopic (exact) mass is 278 g/mol. The number of rotatable bonds is 5. The van der Waals surface area contributed by atoms with Gasteiger partial charge in [-0.15, -0.1) is 0 Å². The van der Waals surface area contributed by atoms with Crippen LogP contribution in [0.1, 0.15) is 6.92 Å². The molecule has 2 N–H and O–H groups in total. The molecule has 8 heteroatoms. The van der Waals surface area contributed by atoms with Crippen LogP contribution < -0.4 is 10.0 Å². The summed E-state index contributed by atoms with van der Waals surface area (Å²) in [5.41, 5.74) is 0. The number of hydrogen-bond donors (Lipinski definition) is 2. The molecule has 0 heterocycles. The van der Waals surface area contributed by atoms with Gasteiger partial charge in [-0.1, -0.05) is 0 Å². The maximum absolute atomic E-state index is 12.9. The van der Waals surface area contributed by atoms with Gasteiger partial charge in [0, 0.05) is 12.6 Å². The highest BCUT2D eigenvalue weighted by atomic mass is 32.2. The third-order valence-electron chi connectivity index (χ3n) is 1.94. The molecule has 0 aromatic heterocycles. The highest BCUT2D eigenvalue weighted by Gasteiger charge is 2.17. The lowest BCUT2D eigenvalue weighted by atomic mass is 10.3. The molecule has 1 aromatic carbocycles. The van der Waals surface area contributed by atoms with Crippen LogP contribution in [-0.4, -0.2) is 27.4 Å². The average molecular weight is 278 g/mol. The molecule has 0 saturated carbocycles. The molecule has 0 spiro atoms. The topological polar surface area (TPSA) is 75.3 Å². The molecule has 0 atom stereocenters. The van der Waals surface area contributed by atoms with Crippen LogP contribution in [0.5, 0.6) is 0 Å². The molecule has 0 bridgehead atoms. The highest BCUT2D eigenvalue weighted by molar-refractivity contribution is 7.89. The van der Waals surface area contributed by atoms with Crippen molar-refractivity contribution in [2.24, 2.45) is 0 Å². The largest absolute Gasteiger partial charge is 0.355 e. The minimum absolute atomic E-state index is 0.356. The molecule has 0 aliphatic heterocycles. The molecule has 100 valence electrons. The molecule has 5 nitrogen and oxygen atoms in total. The number of carbonyl (C=O) groups excluding carboxylic acids is 1. The van der Waals surface area contributed by atoms with E-state index in [1.165, 1.54) is 0 Å². The summed E-state index contributed by atoms with van der Waals surface area (Å²) in [6.45, 7) is 1.54. The number of amides is 1. The lowest BCUT2D eigenvalue weighted by Crippen LogP contribution is -2.36. The Hall–Kier alpha value is -1.54. The van der Waals surface area contributed by atoms with Crippen LogP contribution in [-0.2, 0) is 14.8 Å². The molecule has 0 aliphatic rings. The first-order chi connectivity index (χ1) is 8.35.